The maximum absolute atomic E-state index is 11.8. The molecule has 5 heteroatoms. The number of rotatable bonds is 4. The van der Waals surface area contributed by atoms with Crippen molar-refractivity contribution in [1.82, 2.24) is 15.5 Å². The van der Waals surface area contributed by atoms with E-state index < -0.39 is 0 Å². The summed E-state index contributed by atoms with van der Waals surface area (Å²) in [6.45, 7) is 8.82. The van der Waals surface area contributed by atoms with Gasteiger partial charge in [-0.05, 0) is 12.5 Å². The molecule has 0 aromatic rings. The van der Waals surface area contributed by atoms with Crippen molar-refractivity contribution in [3.8, 4) is 0 Å². The number of carbonyl (C=O) groups is 1. The molecule has 2 aliphatic rings. The quantitative estimate of drug-likeness (QED) is 0.641. The molecule has 96 valence electrons. The number of amides is 1. The van der Waals surface area contributed by atoms with Crippen LogP contribution >= 0.6 is 0 Å². The zero-order chi connectivity index (χ0) is 12.1. The lowest BCUT2D eigenvalue weighted by molar-refractivity contribution is -0.117. The van der Waals surface area contributed by atoms with E-state index in [4.69, 9.17) is 4.74 Å². The van der Waals surface area contributed by atoms with Crippen LogP contribution in [0.4, 0.5) is 0 Å². The van der Waals surface area contributed by atoms with E-state index in [2.05, 4.69) is 15.5 Å². The van der Waals surface area contributed by atoms with Gasteiger partial charge in [0.15, 0.2) is 0 Å². The van der Waals surface area contributed by atoms with Crippen LogP contribution in [0.1, 0.15) is 6.92 Å². The molecule has 0 radical (unpaired) electrons. The molecule has 2 saturated heterocycles. The van der Waals surface area contributed by atoms with E-state index in [0.29, 0.717) is 0 Å². The van der Waals surface area contributed by atoms with Gasteiger partial charge in [-0.2, -0.15) is 0 Å². The van der Waals surface area contributed by atoms with Gasteiger partial charge >= 0.3 is 0 Å². The molecular weight excluding hydrogens is 218 g/mol. The van der Waals surface area contributed by atoms with Gasteiger partial charge in [-0.25, -0.2) is 0 Å². The Labute approximate surface area is 102 Å². The van der Waals surface area contributed by atoms with E-state index >= 15 is 0 Å². The number of carbonyl (C=O) groups excluding carboxylic acids is 1. The summed E-state index contributed by atoms with van der Waals surface area (Å²) >= 11 is 0. The predicted octanol–water partition coefficient (Wildman–Crippen LogP) is -0.645. The molecule has 0 aliphatic carbocycles. The third-order valence-electron chi connectivity index (χ3n) is 3.36. The minimum Gasteiger partial charge on any atom is -0.379 e. The number of hydrogen-bond acceptors (Lipinski definition) is 4. The van der Waals surface area contributed by atoms with Crippen LogP contribution in [0.15, 0.2) is 11.1 Å². The Bertz CT molecular complexity index is 303. The normalized spacial score (nSPS) is 20.9. The first-order valence-electron chi connectivity index (χ1n) is 6.25. The predicted molar refractivity (Wildman–Crippen MR) is 65.8 cm³/mol. The fraction of sp³-hybridized carbons (Fsp3) is 0.750. The topological polar surface area (TPSA) is 53.6 Å². The van der Waals surface area contributed by atoms with Gasteiger partial charge < -0.3 is 15.4 Å². The SMILES string of the molecule is CC(C(=O)NCCN1CCOCC1)=C1CNC1. The lowest BCUT2D eigenvalue weighted by Crippen LogP contribution is -2.42. The van der Waals surface area contributed by atoms with Crippen molar-refractivity contribution in [1.29, 1.82) is 0 Å². The number of nitrogens with zero attached hydrogens (tertiary/aromatic N) is 1. The molecule has 2 N–H and O–H groups in total. The van der Waals surface area contributed by atoms with Crippen molar-refractivity contribution in [3.05, 3.63) is 11.1 Å². The molecule has 1 amide bonds. The maximum Gasteiger partial charge on any atom is 0.247 e. The average Bonchev–Trinajstić information content (AvgIpc) is 2.28. The Balaban J connectivity index is 1.65. The highest BCUT2D eigenvalue weighted by Gasteiger charge is 2.16. The van der Waals surface area contributed by atoms with E-state index in [0.717, 1.165) is 58.1 Å². The summed E-state index contributed by atoms with van der Waals surface area (Å²) in [5.74, 6) is 0.0785. The summed E-state index contributed by atoms with van der Waals surface area (Å²) in [6, 6.07) is 0. The third kappa shape index (κ3) is 3.52. The minimum atomic E-state index is 0.0785. The van der Waals surface area contributed by atoms with Crippen LogP contribution in [-0.4, -0.2) is 63.3 Å². The zero-order valence-corrected chi connectivity index (χ0v) is 10.4. The van der Waals surface area contributed by atoms with Crippen LogP contribution in [-0.2, 0) is 9.53 Å². The Kier molecular flexibility index (Phi) is 4.53. The number of ether oxygens (including phenoxy) is 1. The van der Waals surface area contributed by atoms with Crippen LogP contribution < -0.4 is 10.6 Å². The van der Waals surface area contributed by atoms with Crippen molar-refractivity contribution in [2.24, 2.45) is 0 Å². The Hall–Kier alpha value is -0.910. The zero-order valence-electron chi connectivity index (χ0n) is 10.4. The fourth-order valence-corrected chi connectivity index (χ4v) is 1.96. The highest BCUT2D eigenvalue weighted by molar-refractivity contribution is 5.93. The second-order valence-corrected chi connectivity index (χ2v) is 4.54. The second kappa shape index (κ2) is 6.14. The monoisotopic (exact) mass is 239 g/mol. The standard InChI is InChI=1S/C12H21N3O2/c1-10(11-8-13-9-11)12(16)14-2-3-15-4-6-17-7-5-15/h13H,2-9H2,1H3,(H,14,16). The second-order valence-electron chi connectivity index (χ2n) is 4.54. The summed E-state index contributed by atoms with van der Waals surface area (Å²) in [5, 5.41) is 6.12. The highest BCUT2D eigenvalue weighted by atomic mass is 16.5. The molecule has 0 saturated carbocycles. The molecule has 0 unspecified atom stereocenters. The van der Waals surface area contributed by atoms with E-state index in [1.807, 2.05) is 6.92 Å². The Morgan fingerprint density at radius 1 is 1.41 bits per heavy atom. The molecule has 2 rings (SSSR count). The van der Waals surface area contributed by atoms with E-state index in [9.17, 15) is 4.79 Å². The molecular formula is C12H21N3O2. The van der Waals surface area contributed by atoms with Crippen molar-refractivity contribution >= 4 is 5.91 Å². The largest absolute Gasteiger partial charge is 0.379 e. The van der Waals surface area contributed by atoms with Gasteiger partial charge in [-0.3, -0.25) is 9.69 Å². The molecule has 0 spiro atoms. The number of morpholine rings is 1. The molecule has 0 aromatic carbocycles. The van der Waals surface area contributed by atoms with Gasteiger partial charge in [0.25, 0.3) is 0 Å². The van der Waals surface area contributed by atoms with E-state index in [1.54, 1.807) is 0 Å². The van der Waals surface area contributed by atoms with Gasteiger partial charge in [0, 0.05) is 44.8 Å². The van der Waals surface area contributed by atoms with Crippen LogP contribution in [0.25, 0.3) is 0 Å². The lowest BCUT2D eigenvalue weighted by atomic mass is 10.0. The third-order valence-corrected chi connectivity index (χ3v) is 3.36. The number of hydrogen-bond donors (Lipinski definition) is 2. The molecule has 0 atom stereocenters. The summed E-state index contributed by atoms with van der Waals surface area (Å²) in [5.41, 5.74) is 2.11. The van der Waals surface area contributed by atoms with Crippen molar-refractivity contribution < 1.29 is 9.53 Å². The van der Waals surface area contributed by atoms with Crippen molar-refractivity contribution in [2.75, 3.05) is 52.5 Å². The Morgan fingerprint density at radius 3 is 2.71 bits per heavy atom. The fourth-order valence-electron chi connectivity index (χ4n) is 1.96. The number of nitrogens with one attached hydrogen (secondary N) is 2. The first-order valence-corrected chi connectivity index (χ1v) is 6.25. The first kappa shape index (κ1) is 12.5. The first-order chi connectivity index (χ1) is 8.27. The van der Waals surface area contributed by atoms with Crippen LogP contribution in [0.2, 0.25) is 0 Å². The molecule has 5 nitrogen and oxygen atoms in total. The van der Waals surface area contributed by atoms with Crippen molar-refractivity contribution in [2.45, 2.75) is 6.92 Å². The van der Waals surface area contributed by atoms with Crippen LogP contribution in [0, 0.1) is 0 Å². The summed E-state index contributed by atoms with van der Waals surface area (Å²) in [6.07, 6.45) is 0. The minimum absolute atomic E-state index is 0.0785. The van der Waals surface area contributed by atoms with E-state index in [-0.39, 0.29) is 5.91 Å². The molecule has 2 aliphatic heterocycles. The van der Waals surface area contributed by atoms with E-state index in [1.165, 1.54) is 5.57 Å². The summed E-state index contributed by atoms with van der Waals surface area (Å²) in [7, 11) is 0. The Morgan fingerprint density at radius 2 is 2.12 bits per heavy atom. The summed E-state index contributed by atoms with van der Waals surface area (Å²) < 4.78 is 5.28. The van der Waals surface area contributed by atoms with Gasteiger partial charge in [0.1, 0.15) is 0 Å². The average molecular weight is 239 g/mol. The summed E-state index contributed by atoms with van der Waals surface area (Å²) in [4.78, 5) is 14.1. The lowest BCUT2D eigenvalue weighted by Gasteiger charge is -2.26. The molecule has 0 aromatic heterocycles. The van der Waals surface area contributed by atoms with Gasteiger partial charge in [0.05, 0.1) is 13.2 Å². The smallest absolute Gasteiger partial charge is 0.247 e. The van der Waals surface area contributed by atoms with Gasteiger partial charge in [0.2, 0.25) is 5.91 Å². The van der Waals surface area contributed by atoms with Gasteiger partial charge in [-0.1, -0.05) is 0 Å². The molecule has 0 bridgehead atoms. The molecule has 17 heavy (non-hydrogen) atoms. The molecule has 2 heterocycles. The van der Waals surface area contributed by atoms with Gasteiger partial charge in [-0.15, -0.1) is 0 Å². The maximum atomic E-state index is 11.8. The van der Waals surface area contributed by atoms with Crippen LogP contribution in [0.3, 0.4) is 0 Å². The van der Waals surface area contributed by atoms with Crippen molar-refractivity contribution in [3.63, 3.8) is 0 Å². The van der Waals surface area contributed by atoms with Crippen LogP contribution in [0.5, 0.6) is 0 Å². The molecule has 2 fully saturated rings. The highest BCUT2D eigenvalue weighted by Crippen LogP contribution is 2.08.